The molecule has 3 nitrogen and oxygen atoms in total. The lowest BCUT2D eigenvalue weighted by Gasteiger charge is -2.37. The Morgan fingerprint density at radius 1 is 1.29 bits per heavy atom. The molecule has 1 aromatic carbocycles. The number of carbonyl (C=O) groups excluding carboxylic acids is 1. The first-order chi connectivity index (χ1) is 11.3. The first-order valence-corrected chi connectivity index (χ1v) is 8.23. The van der Waals surface area contributed by atoms with Crippen LogP contribution >= 0.6 is 0 Å². The molecule has 1 amide bonds. The second-order valence-electron chi connectivity index (χ2n) is 6.77. The zero-order valence-corrected chi connectivity index (χ0v) is 14.1. The second-order valence-corrected chi connectivity index (χ2v) is 6.77. The number of rotatable bonds is 5. The Morgan fingerprint density at radius 2 is 1.88 bits per heavy atom. The van der Waals surface area contributed by atoms with Crippen molar-refractivity contribution in [2.24, 2.45) is 5.92 Å². The summed E-state index contributed by atoms with van der Waals surface area (Å²) in [6.07, 6.45) is 10.6. The maximum absolute atomic E-state index is 14.0. The standard InChI is InChI=1S/C19H23F2NO2/c1-4-10-24-17-15(20)11-13(12-16(17)21)18(23)22-19(2,3)14-8-6-5-7-9-14/h1,11-12,14H,5-10H2,2-3H3,(H,22,23). The van der Waals surface area contributed by atoms with E-state index in [0.29, 0.717) is 5.92 Å². The van der Waals surface area contributed by atoms with Gasteiger partial charge in [0.25, 0.3) is 5.91 Å². The summed E-state index contributed by atoms with van der Waals surface area (Å²) in [5.74, 6) is -0.426. The molecule has 0 aliphatic heterocycles. The van der Waals surface area contributed by atoms with E-state index in [1.165, 1.54) is 6.42 Å². The Hall–Kier alpha value is -2.09. The molecule has 1 saturated carbocycles. The number of hydrogen-bond donors (Lipinski definition) is 1. The van der Waals surface area contributed by atoms with Gasteiger partial charge in [0.1, 0.15) is 6.61 Å². The number of carbonyl (C=O) groups is 1. The van der Waals surface area contributed by atoms with Crippen LogP contribution in [0.5, 0.6) is 5.75 Å². The van der Waals surface area contributed by atoms with Crippen molar-refractivity contribution in [1.29, 1.82) is 0 Å². The summed E-state index contributed by atoms with van der Waals surface area (Å²) in [5.41, 5.74) is -0.495. The third-order valence-corrected chi connectivity index (χ3v) is 4.62. The molecule has 0 unspecified atom stereocenters. The van der Waals surface area contributed by atoms with Crippen LogP contribution in [0.25, 0.3) is 0 Å². The smallest absolute Gasteiger partial charge is 0.251 e. The van der Waals surface area contributed by atoms with E-state index in [-0.39, 0.29) is 12.2 Å². The summed E-state index contributed by atoms with van der Waals surface area (Å²) in [6, 6.07) is 1.95. The Balaban J connectivity index is 2.13. The zero-order valence-electron chi connectivity index (χ0n) is 14.1. The molecule has 0 radical (unpaired) electrons. The van der Waals surface area contributed by atoms with Gasteiger partial charge < -0.3 is 10.1 Å². The van der Waals surface area contributed by atoms with Crippen LogP contribution in [-0.4, -0.2) is 18.1 Å². The van der Waals surface area contributed by atoms with Crippen LogP contribution in [-0.2, 0) is 0 Å². The number of hydrogen-bond acceptors (Lipinski definition) is 2. The van der Waals surface area contributed by atoms with Gasteiger partial charge in [-0.2, -0.15) is 0 Å². The van der Waals surface area contributed by atoms with Crippen molar-refractivity contribution >= 4 is 5.91 Å². The fraction of sp³-hybridized carbons (Fsp3) is 0.526. The van der Waals surface area contributed by atoms with Gasteiger partial charge in [-0.1, -0.05) is 25.2 Å². The molecule has 2 rings (SSSR count). The molecular weight excluding hydrogens is 312 g/mol. The average molecular weight is 335 g/mol. The molecule has 1 fully saturated rings. The quantitative estimate of drug-likeness (QED) is 0.824. The molecule has 0 heterocycles. The van der Waals surface area contributed by atoms with Gasteiger partial charge in [0, 0.05) is 11.1 Å². The number of nitrogens with one attached hydrogen (secondary N) is 1. The molecule has 5 heteroatoms. The fourth-order valence-corrected chi connectivity index (χ4v) is 3.23. The highest BCUT2D eigenvalue weighted by molar-refractivity contribution is 5.94. The number of amides is 1. The van der Waals surface area contributed by atoms with Gasteiger partial charge in [0.15, 0.2) is 17.4 Å². The van der Waals surface area contributed by atoms with Gasteiger partial charge in [0.2, 0.25) is 0 Å². The van der Waals surface area contributed by atoms with Crippen LogP contribution < -0.4 is 10.1 Å². The predicted octanol–water partition coefficient (Wildman–Crippen LogP) is 4.07. The van der Waals surface area contributed by atoms with Crippen LogP contribution in [0.3, 0.4) is 0 Å². The molecular formula is C19H23F2NO2. The minimum absolute atomic E-state index is 0.0676. The van der Waals surface area contributed by atoms with Gasteiger partial charge in [0.05, 0.1) is 0 Å². The maximum atomic E-state index is 14.0. The number of ether oxygens (including phenoxy) is 1. The largest absolute Gasteiger partial charge is 0.475 e. The maximum Gasteiger partial charge on any atom is 0.251 e. The Morgan fingerprint density at radius 3 is 2.42 bits per heavy atom. The fourth-order valence-electron chi connectivity index (χ4n) is 3.23. The van der Waals surface area contributed by atoms with E-state index >= 15 is 0 Å². The minimum atomic E-state index is -0.939. The van der Waals surface area contributed by atoms with Crippen LogP contribution in [0.1, 0.15) is 56.3 Å². The van der Waals surface area contributed by atoms with E-state index in [1.807, 2.05) is 13.8 Å². The van der Waals surface area contributed by atoms with Crippen molar-refractivity contribution in [2.75, 3.05) is 6.61 Å². The molecule has 1 N–H and O–H groups in total. The lowest BCUT2D eigenvalue weighted by Crippen LogP contribution is -2.49. The predicted molar refractivity (Wildman–Crippen MR) is 88.8 cm³/mol. The summed E-state index contributed by atoms with van der Waals surface area (Å²) < 4.78 is 32.8. The van der Waals surface area contributed by atoms with E-state index in [9.17, 15) is 13.6 Å². The van der Waals surface area contributed by atoms with Crippen LogP contribution in [0.15, 0.2) is 12.1 Å². The monoisotopic (exact) mass is 335 g/mol. The number of benzene rings is 1. The molecule has 0 spiro atoms. The van der Waals surface area contributed by atoms with E-state index in [4.69, 9.17) is 11.2 Å². The molecule has 24 heavy (non-hydrogen) atoms. The SMILES string of the molecule is C#CCOc1c(F)cc(C(=O)NC(C)(C)C2CCCCC2)cc1F. The van der Waals surface area contributed by atoms with Gasteiger partial charge >= 0.3 is 0 Å². The van der Waals surface area contributed by atoms with Crippen LogP contribution in [0.4, 0.5) is 8.78 Å². The summed E-state index contributed by atoms with van der Waals surface area (Å²) >= 11 is 0. The van der Waals surface area contributed by atoms with Crippen molar-refractivity contribution in [2.45, 2.75) is 51.5 Å². The van der Waals surface area contributed by atoms with Crippen molar-refractivity contribution < 1.29 is 18.3 Å². The highest BCUT2D eigenvalue weighted by atomic mass is 19.1. The van der Waals surface area contributed by atoms with E-state index in [1.54, 1.807) is 0 Å². The Bertz CT molecular complexity index is 620. The van der Waals surface area contributed by atoms with Crippen LogP contribution in [0.2, 0.25) is 0 Å². The van der Waals surface area contributed by atoms with E-state index < -0.39 is 28.8 Å². The summed E-state index contributed by atoms with van der Waals surface area (Å²) in [4.78, 5) is 12.4. The first kappa shape index (κ1) is 18.3. The van der Waals surface area contributed by atoms with Crippen molar-refractivity contribution in [3.63, 3.8) is 0 Å². The van der Waals surface area contributed by atoms with Crippen molar-refractivity contribution in [3.8, 4) is 18.1 Å². The summed E-state index contributed by atoms with van der Waals surface area (Å²) in [5, 5.41) is 2.91. The highest BCUT2D eigenvalue weighted by Gasteiger charge is 2.32. The third kappa shape index (κ3) is 4.25. The molecule has 0 aromatic heterocycles. The molecule has 0 saturated heterocycles. The normalized spacial score (nSPS) is 15.6. The van der Waals surface area contributed by atoms with E-state index in [2.05, 4.69) is 11.2 Å². The Labute approximate surface area is 141 Å². The minimum Gasteiger partial charge on any atom is -0.475 e. The van der Waals surface area contributed by atoms with Crippen molar-refractivity contribution in [1.82, 2.24) is 5.32 Å². The second kappa shape index (κ2) is 7.65. The average Bonchev–Trinajstić information content (AvgIpc) is 2.54. The van der Waals surface area contributed by atoms with Gasteiger partial charge in [-0.15, -0.1) is 6.42 Å². The van der Waals surface area contributed by atoms with Gasteiger partial charge in [-0.3, -0.25) is 4.79 Å². The molecule has 1 aromatic rings. The van der Waals surface area contributed by atoms with Gasteiger partial charge in [-0.25, -0.2) is 8.78 Å². The summed E-state index contributed by atoms with van der Waals surface area (Å²) in [6.45, 7) is 3.67. The molecule has 1 aliphatic carbocycles. The zero-order chi connectivity index (χ0) is 17.7. The molecule has 0 bridgehead atoms. The van der Waals surface area contributed by atoms with E-state index in [0.717, 1.165) is 37.8 Å². The summed E-state index contributed by atoms with van der Waals surface area (Å²) in [7, 11) is 0. The molecule has 130 valence electrons. The lowest BCUT2D eigenvalue weighted by molar-refractivity contribution is 0.0857. The third-order valence-electron chi connectivity index (χ3n) is 4.62. The highest BCUT2D eigenvalue weighted by Crippen LogP contribution is 2.32. The topological polar surface area (TPSA) is 38.3 Å². The number of halogens is 2. The number of terminal acetylenes is 1. The molecule has 1 aliphatic rings. The first-order valence-electron chi connectivity index (χ1n) is 8.23. The van der Waals surface area contributed by atoms with Crippen LogP contribution in [0, 0.1) is 29.9 Å². The Kier molecular flexibility index (Phi) is 5.82. The lowest BCUT2D eigenvalue weighted by atomic mass is 9.76. The van der Waals surface area contributed by atoms with Gasteiger partial charge in [-0.05, 0) is 44.7 Å². The van der Waals surface area contributed by atoms with Crippen molar-refractivity contribution in [3.05, 3.63) is 29.3 Å². The molecule has 0 atom stereocenters.